The zero-order valence-electron chi connectivity index (χ0n) is 8.77. The zero-order chi connectivity index (χ0) is 11.1. The Hall–Kier alpha value is -1.10. The van der Waals surface area contributed by atoms with E-state index in [1.807, 2.05) is 6.92 Å². The number of nitrogens with zero attached hydrogens (tertiary/aromatic N) is 1. The van der Waals surface area contributed by atoms with Gasteiger partial charge in [-0.05, 0) is 6.42 Å². The van der Waals surface area contributed by atoms with Gasteiger partial charge in [0.25, 0.3) is 5.56 Å². The van der Waals surface area contributed by atoms with E-state index in [-0.39, 0.29) is 17.9 Å². The standard InChI is InChI=1S/C10H15NO3S/c1-2-3-7-14-10(13)4-6-11-9(12)5-8-15-11/h5,8H,2-4,6-7H2,1H3. The van der Waals surface area contributed by atoms with Gasteiger partial charge in [-0.1, -0.05) is 24.9 Å². The first-order chi connectivity index (χ1) is 7.24. The van der Waals surface area contributed by atoms with Gasteiger partial charge in [0.15, 0.2) is 0 Å². The van der Waals surface area contributed by atoms with Crippen molar-refractivity contribution in [2.45, 2.75) is 32.7 Å². The third-order valence-corrected chi connectivity index (χ3v) is 2.80. The van der Waals surface area contributed by atoms with Crippen molar-refractivity contribution in [2.24, 2.45) is 0 Å². The van der Waals surface area contributed by atoms with Crippen molar-refractivity contribution in [1.82, 2.24) is 3.96 Å². The fraction of sp³-hybridized carbons (Fsp3) is 0.600. The lowest BCUT2D eigenvalue weighted by Crippen LogP contribution is -2.16. The summed E-state index contributed by atoms with van der Waals surface area (Å²) in [5, 5.41) is 1.71. The number of unbranched alkanes of at least 4 members (excludes halogenated alkanes) is 1. The molecule has 0 radical (unpaired) electrons. The lowest BCUT2D eigenvalue weighted by atomic mass is 10.3. The molecule has 0 bridgehead atoms. The summed E-state index contributed by atoms with van der Waals surface area (Å²) < 4.78 is 6.51. The fourth-order valence-corrected chi connectivity index (χ4v) is 1.74. The molecule has 4 nitrogen and oxygen atoms in total. The van der Waals surface area contributed by atoms with Crippen LogP contribution in [0.5, 0.6) is 0 Å². The van der Waals surface area contributed by atoms with Crippen LogP contribution in [0.3, 0.4) is 0 Å². The van der Waals surface area contributed by atoms with Crippen LogP contribution in [0.25, 0.3) is 0 Å². The normalized spacial score (nSPS) is 10.2. The van der Waals surface area contributed by atoms with E-state index in [4.69, 9.17) is 4.74 Å². The van der Waals surface area contributed by atoms with Gasteiger partial charge in [0.2, 0.25) is 0 Å². The van der Waals surface area contributed by atoms with E-state index in [1.54, 1.807) is 9.34 Å². The largest absolute Gasteiger partial charge is 0.466 e. The quantitative estimate of drug-likeness (QED) is 0.550. The first-order valence-corrected chi connectivity index (χ1v) is 5.88. The molecule has 0 unspecified atom stereocenters. The van der Waals surface area contributed by atoms with E-state index in [1.165, 1.54) is 17.6 Å². The number of carbonyl (C=O) groups is 1. The Morgan fingerprint density at radius 2 is 2.40 bits per heavy atom. The Bertz CT molecular complexity index is 356. The lowest BCUT2D eigenvalue weighted by Gasteiger charge is -2.03. The topological polar surface area (TPSA) is 48.3 Å². The summed E-state index contributed by atoms with van der Waals surface area (Å²) in [5.41, 5.74) is -0.0543. The van der Waals surface area contributed by atoms with E-state index in [0.29, 0.717) is 13.2 Å². The molecule has 0 aliphatic carbocycles. The van der Waals surface area contributed by atoms with Gasteiger partial charge in [0.1, 0.15) is 0 Å². The number of carbonyl (C=O) groups excluding carboxylic acids is 1. The van der Waals surface area contributed by atoms with Crippen molar-refractivity contribution < 1.29 is 9.53 Å². The fourth-order valence-electron chi connectivity index (χ4n) is 1.06. The Morgan fingerprint density at radius 1 is 1.60 bits per heavy atom. The van der Waals surface area contributed by atoms with E-state index < -0.39 is 0 Å². The number of ether oxygens (including phenoxy) is 1. The minimum atomic E-state index is -0.233. The van der Waals surface area contributed by atoms with Crippen molar-refractivity contribution in [3.63, 3.8) is 0 Å². The first kappa shape index (κ1) is 12.0. The summed E-state index contributed by atoms with van der Waals surface area (Å²) in [5.74, 6) is -0.233. The van der Waals surface area contributed by atoms with Crippen LogP contribution >= 0.6 is 11.5 Å². The second-order valence-corrected chi connectivity index (χ2v) is 4.10. The number of rotatable bonds is 6. The predicted molar refractivity (Wildman–Crippen MR) is 59.1 cm³/mol. The highest BCUT2D eigenvalue weighted by Gasteiger charge is 2.04. The molecule has 1 heterocycles. The summed E-state index contributed by atoms with van der Waals surface area (Å²) in [4.78, 5) is 22.3. The van der Waals surface area contributed by atoms with E-state index >= 15 is 0 Å². The maximum atomic E-state index is 11.2. The van der Waals surface area contributed by atoms with Gasteiger partial charge in [0, 0.05) is 18.0 Å². The molecule has 0 N–H and O–H groups in total. The predicted octanol–water partition coefficient (Wildman–Crippen LogP) is 1.64. The average molecular weight is 229 g/mol. The molecule has 5 heteroatoms. The molecule has 0 aliphatic heterocycles. The van der Waals surface area contributed by atoms with Gasteiger partial charge < -0.3 is 4.74 Å². The number of aryl methyl sites for hydroxylation is 1. The molecule has 0 spiro atoms. The minimum absolute atomic E-state index is 0.0543. The Morgan fingerprint density at radius 3 is 3.00 bits per heavy atom. The molecular formula is C10H15NO3S. The van der Waals surface area contributed by atoms with Crippen LogP contribution in [0.1, 0.15) is 26.2 Å². The number of hydrogen-bond donors (Lipinski definition) is 0. The highest BCUT2D eigenvalue weighted by molar-refractivity contribution is 7.04. The molecule has 0 saturated heterocycles. The van der Waals surface area contributed by atoms with Crippen LogP contribution in [-0.2, 0) is 16.1 Å². The van der Waals surface area contributed by atoms with Gasteiger partial charge in [-0.3, -0.25) is 13.5 Å². The Balaban J connectivity index is 2.23. The highest BCUT2D eigenvalue weighted by Crippen LogP contribution is 1.97. The van der Waals surface area contributed by atoms with Crippen LogP contribution in [-0.4, -0.2) is 16.5 Å². The second-order valence-electron chi connectivity index (χ2n) is 3.17. The first-order valence-electron chi connectivity index (χ1n) is 5.04. The zero-order valence-corrected chi connectivity index (χ0v) is 9.59. The van der Waals surface area contributed by atoms with Crippen LogP contribution in [0, 0.1) is 0 Å². The van der Waals surface area contributed by atoms with Gasteiger partial charge in [-0.15, -0.1) is 0 Å². The molecule has 0 amide bonds. The smallest absolute Gasteiger partial charge is 0.307 e. The summed E-state index contributed by atoms with van der Waals surface area (Å²) in [6.45, 7) is 2.94. The molecule has 15 heavy (non-hydrogen) atoms. The van der Waals surface area contributed by atoms with E-state index in [2.05, 4.69) is 0 Å². The summed E-state index contributed by atoms with van der Waals surface area (Å²) in [7, 11) is 0. The number of aromatic nitrogens is 1. The molecule has 84 valence electrons. The highest BCUT2D eigenvalue weighted by atomic mass is 32.1. The van der Waals surface area contributed by atoms with Crippen LogP contribution < -0.4 is 5.56 Å². The Kier molecular flexibility index (Phi) is 5.10. The third kappa shape index (κ3) is 4.29. The van der Waals surface area contributed by atoms with Crippen LogP contribution in [0.15, 0.2) is 16.2 Å². The third-order valence-electron chi connectivity index (χ3n) is 1.92. The van der Waals surface area contributed by atoms with E-state index in [9.17, 15) is 9.59 Å². The van der Waals surface area contributed by atoms with Crippen molar-refractivity contribution in [3.05, 3.63) is 21.8 Å². The number of esters is 1. The Labute approximate surface area is 92.6 Å². The van der Waals surface area contributed by atoms with Gasteiger partial charge in [-0.2, -0.15) is 0 Å². The molecule has 0 aromatic carbocycles. The number of hydrogen-bond acceptors (Lipinski definition) is 4. The molecule has 0 fully saturated rings. The molecule has 1 aromatic rings. The summed E-state index contributed by atoms with van der Waals surface area (Å²) >= 11 is 1.32. The summed E-state index contributed by atoms with van der Waals surface area (Å²) in [6, 6.07) is 1.49. The van der Waals surface area contributed by atoms with Crippen molar-refractivity contribution in [3.8, 4) is 0 Å². The molecule has 0 aliphatic rings. The van der Waals surface area contributed by atoms with Gasteiger partial charge in [0.05, 0.1) is 13.0 Å². The minimum Gasteiger partial charge on any atom is -0.466 e. The van der Waals surface area contributed by atoms with Crippen molar-refractivity contribution >= 4 is 17.5 Å². The van der Waals surface area contributed by atoms with Gasteiger partial charge >= 0.3 is 5.97 Å². The summed E-state index contributed by atoms with van der Waals surface area (Å²) in [6.07, 6.45) is 2.17. The molecule has 0 saturated carbocycles. The van der Waals surface area contributed by atoms with Crippen LogP contribution in [0.4, 0.5) is 0 Å². The average Bonchev–Trinajstić information content (AvgIpc) is 2.61. The molecule has 1 aromatic heterocycles. The SMILES string of the molecule is CCCCOC(=O)CCn1sccc1=O. The molecule has 0 atom stereocenters. The van der Waals surface area contributed by atoms with E-state index in [0.717, 1.165) is 12.8 Å². The molecular weight excluding hydrogens is 214 g/mol. The lowest BCUT2D eigenvalue weighted by molar-refractivity contribution is -0.143. The monoisotopic (exact) mass is 229 g/mol. The van der Waals surface area contributed by atoms with Gasteiger partial charge in [-0.25, -0.2) is 0 Å². The molecule has 1 rings (SSSR count). The van der Waals surface area contributed by atoms with Crippen LogP contribution in [0.2, 0.25) is 0 Å². The maximum Gasteiger partial charge on any atom is 0.307 e. The maximum absolute atomic E-state index is 11.2. The van der Waals surface area contributed by atoms with Crippen molar-refractivity contribution in [2.75, 3.05) is 6.61 Å². The van der Waals surface area contributed by atoms with Crippen molar-refractivity contribution in [1.29, 1.82) is 0 Å². The second kappa shape index (κ2) is 6.40.